The van der Waals surface area contributed by atoms with Crippen LogP contribution in [0.1, 0.15) is 28.7 Å². The summed E-state index contributed by atoms with van der Waals surface area (Å²) in [6, 6.07) is 0. The molecule has 0 bridgehead atoms. The zero-order valence-corrected chi connectivity index (χ0v) is 7.65. The van der Waals surface area contributed by atoms with Gasteiger partial charge in [-0.05, 0) is 6.42 Å². The maximum Gasteiger partial charge on any atom is 0.277 e. The third-order valence-corrected chi connectivity index (χ3v) is 2.33. The van der Waals surface area contributed by atoms with E-state index in [1.165, 1.54) is 11.3 Å². The van der Waals surface area contributed by atoms with E-state index in [4.69, 9.17) is 5.84 Å². The molecule has 0 radical (unpaired) electrons. The Bertz CT molecular complexity index is 271. The first-order valence-corrected chi connectivity index (χ1v) is 4.60. The molecule has 4 nitrogen and oxygen atoms in total. The Morgan fingerprint density at radius 1 is 1.83 bits per heavy atom. The van der Waals surface area contributed by atoms with Crippen LogP contribution in [0, 0.1) is 0 Å². The van der Waals surface area contributed by atoms with Gasteiger partial charge in [-0.3, -0.25) is 10.2 Å². The highest BCUT2D eigenvalue weighted by Gasteiger charge is 2.11. The van der Waals surface area contributed by atoms with Crippen molar-refractivity contribution in [1.82, 2.24) is 10.4 Å². The molecule has 0 unspecified atom stereocenters. The van der Waals surface area contributed by atoms with Gasteiger partial charge in [-0.15, -0.1) is 11.3 Å². The second-order valence-corrected chi connectivity index (χ2v) is 3.21. The lowest BCUT2D eigenvalue weighted by Crippen LogP contribution is -2.30. The summed E-state index contributed by atoms with van der Waals surface area (Å²) < 4.78 is 0. The molecule has 0 aliphatic rings. The number of nitrogen functional groups attached to an aromatic ring is 1. The maximum absolute atomic E-state index is 11.1. The number of rotatable bonds is 3. The van der Waals surface area contributed by atoms with Crippen LogP contribution in [0.2, 0.25) is 0 Å². The fraction of sp³-hybridized carbons (Fsp3) is 0.429. The highest BCUT2D eigenvalue weighted by molar-refractivity contribution is 7.11. The lowest BCUT2D eigenvalue weighted by Gasteiger charge is -1.97. The van der Waals surface area contributed by atoms with Gasteiger partial charge in [-0.1, -0.05) is 13.3 Å². The summed E-state index contributed by atoms with van der Waals surface area (Å²) >= 11 is 1.32. The summed E-state index contributed by atoms with van der Waals surface area (Å²) in [5, 5.41) is 0. The topological polar surface area (TPSA) is 68.0 Å². The second kappa shape index (κ2) is 4.18. The number of nitrogens with zero attached hydrogens (tertiary/aromatic N) is 1. The van der Waals surface area contributed by atoms with E-state index in [0.717, 1.165) is 18.5 Å². The van der Waals surface area contributed by atoms with Crippen molar-refractivity contribution in [2.24, 2.45) is 5.84 Å². The molecule has 0 aliphatic carbocycles. The molecule has 5 heteroatoms. The summed E-state index contributed by atoms with van der Waals surface area (Å²) in [6.07, 6.45) is 1.81. The van der Waals surface area contributed by atoms with Gasteiger partial charge in [0.05, 0.1) is 11.2 Å². The van der Waals surface area contributed by atoms with Crippen LogP contribution < -0.4 is 11.3 Å². The van der Waals surface area contributed by atoms with Crippen LogP contribution in [0.3, 0.4) is 0 Å². The second-order valence-electron chi connectivity index (χ2n) is 2.35. The molecule has 1 amide bonds. The summed E-state index contributed by atoms with van der Waals surface area (Å²) in [5.41, 5.74) is 4.60. The molecule has 0 saturated heterocycles. The fourth-order valence-corrected chi connectivity index (χ4v) is 1.68. The minimum Gasteiger partial charge on any atom is -0.289 e. The number of hydrazine groups is 1. The van der Waals surface area contributed by atoms with Gasteiger partial charge in [0.2, 0.25) is 0 Å². The van der Waals surface area contributed by atoms with Crippen molar-refractivity contribution in [2.45, 2.75) is 19.8 Å². The average Bonchev–Trinajstić information content (AvgIpc) is 2.52. The van der Waals surface area contributed by atoms with E-state index < -0.39 is 0 Å². The first-order chi connectivity index (χ1) is 5.79. The van der Waals surface area contributed by atoms with Gasteiger partial charge < -0.3 is 0 Å². The average molecular weight is 185 g/mol. The van der Waals surface area contributed by atoms with E-state index in [-0.39, 0.29) is 5.91 Å². The van der Waals surface area contributed by atoms with Crippen molar-refractivity contribution in [3.05, 3.63) is 16.1 Å². The van der Waals surface area contributed by atoms with E-state index in [9.17, 15) is 4.79 Å². The molecule has 0 atom stereocenters. The molecule has 1 heterocycles. The monoisotopic (exact) mass is 185 g/mol. The van der Waals surface area contributed by atoms with Gasteiger partial charge in [0.25, 0.3) is 5.91 Å². The van der Waals surface area contributed by atoms with Crippen LogP contribution >= 0.6 is 11.3 Å². The van der Waals surface area contributed by atoms with Gasteiger partial charge in [-0.25, -0.2) is 10.8 Å². The standard InChI is InChI=1S/C7H11N3OS/c1-2-3-5-6(7(11)10-8)12-4-9-5/h4H,2-3,8H2,1H3,(H,10,11). The first kappa shape index (κ1) is 9.15. The zero-order valence-electron chi connectivity index (χ0n) is 6.83. The number of carbonyl (C=O) groups is 1. The maximum atomic E-state index is 11.1. The molecule has 1 aromatic rings. The van der Waals surface area contributed by atoms with Crippen molar-refractivity contribution in [1.29, 1.82) is 0 Å². The van der Waals surface area contributed by atoms with Crippen molar-refractivity contribution < 1.29 is 4.79 Å². The molecule has 0 fully saturated rings. The lowest BCUT2D eigenvalue weighted by atomic mass is 10.2. The van der Waals surface area contributed by atoms with Crippen molar-refractivity contribution in [3.63, 3.8) is 0 Å². The smallest absolute Gasteiger partial charge is 0.277 e. The molecule has 1 aromatic heterocycles. The normalized spacial score (nSPS) is 9.83. The van der Waals surface area contributed by atoms with Crippen LogP contribution in [0.4, 0.5) is 0 Å². The number of hydrogen-bond acceptors (Lipinski definition) is 4. The Hall–Kier alpha value is -0.940. The van der Waals surface area contributed by atoms with E-state index in [1.54, 1.807) is 5.51 Å². The third kappa shape index (κ3) is 1.80. The minimum atomic E-state index is -0.249. The van der Waals surface area contributed by atoms with Gasteiger partial charge in [0.15, 0.2) is 0 Å². The Morgan fingerprint density at radius 2 is 2.58 bits per heavy atom. The minimum absolute atomic E-state index is 0.249. The van der Waals surface area contributed by atoms with Crippen LogP contribution in [0.25, 0.3) is 0 Å². The zero-order chi connectivity index (χ0) is 8.97. The molecule has 66 valence electrons. The summed E-state index contributed by atoms with van der Waals surface area (Å²) in [4.78, 5) is 15.8. The Labute approximate surface area is 74.8 Å². The molecule has 12 heavy (non-hydrogen) atoms. The molecule has 0 spiro atoms. The van der Waals surface area contributed by atoms with Crippen LogP contribution in [-0.2, 0) is 6.42 Å². The van der Waals surface area contributed by atoms with Crippen molar-refractivity contribution >= 4 is 17.2 Å². The van der Waals surface area contributed by atoms with E-state index in [2.05, 4.69) is 10.4 Å². The molecular weight excluding hydrogens is 174 g/mol. The van der Waals surface area contributed by atoms with Crippen molar-refractivity contribution in [2.75, 3.05) is 0 Å². The SMILES string of the molecule is CCCc1ncsc1C(=O)NN. The predicted molar refractivity (Wildman–Crippen MR) is 47.8 cm³/mol. The molecule has 0 saturated carbocycles. The molecule has 0 aromatic carbocycles. The number of nitrogens with one attached hydrogen (secondary N) is 1. The number of thiazole rings is 1. The molecule has 3 N–H and O–H groups in total. The van der Waals surface area contributed by atoms with Crippen LogP contribution in [0.15, 0.2) is 5.51 Å². The summed E-state index contributed by atoms with van der Waals surface area (Å²) in [6.45, 7) is 2.05. The Morgan fingerprint density at radius 3 is 3.17 bits per heavy atom. The summed E-state index contributed by atoms with van der Waals surface area (Å²) in [7, 11) is 0. The number of hydrogen-bond donors (Lipinski definition) is 2. The molecule has 0 aliphatic heterocycles. The Balaban J connectivity index is 2.83. The van der Waals surface area contributed by atoms with Crippen LogP contribution in [-0.4, -0.2) is 10.9 Å². The van der Waals surface area contributed by atoms with Crippen molar-refractivity contribution in [3.8, 4) is 0 Å². The number of aryl methyl sites for hydroxylation is 1. The first-order valence-electron chi connectivity index (χ1n) is 3.73. The van der Waals surface area contributed by atoms with Gasteiger partial charge >= 0.3 is 0 Å². The third-order valence-electron chi connectivity index (χ3n) is 1.47. The van der Waals surface area contributed by atoms with E-state index in [1.807, 2.05) is 6.92 Å². The number of amides is 1. The lowest BCUT2D eigenvalue weighted by molar-refractivity contribution is 0.0956. The molecule has 1 rings (SSSR count). The van der Waals surface area contributed by atoms with Gasteiger partial charge in [0, 0.05) is 0 Å². The van der Waals surface area contributed by atoms with Crippen LogP contribution in [0.5, 0.6) is 0 Å². The highest BCUT2D eigenvalue weighted by atomic mass is 32.1. The predicted octanol–water partition coefficient (Wildman–Crippen LogP) is 0.699. The van der Waals surface area contributed by atoms with E-state index >= 15 is 0 Å². The quantitative estimate of drug-likeness (QED) is 0.414. The van der Waals surface area contributed by atoms with Gasteiger partial charge in [-0.2, -0.15) is 0 Å². The molecular formula is C7H11N3OS. The Kier molecular flexibility index (Phi) is 3.19. The number of aromatic nitrogens is 1. The highest BCUT2D eigenvalue weighted by Crippen LogP contribution is 2.14. The number of carbonyl (C=O) groups excluding carboxylic acids is 1. The summed E-state index contributed by atoms with van der Waals surface area (Å²) in [5.74, 6) is 4.76. The van der Waals surface area contributed by atoms with Gasteiger partial charge in [0.1, 0.15) is 4.88 Å². The fourth-order valence-electron chi connectivity index (χ4n) is 0.934. The van der Waals surface area contributed by atoms with E-state index in [0.29, 0.717) is 4.88 Å². The number of nitrogens with two attached hydrogens (primary N) is 1. The largest absolute Gasteiger partial charge is 0.289 e.